The van der Waals surface area contributed by atoms with Crippen LogP contribution in [0.1, 0.15) is 44.7 Å². The van der Waals surface area contributed by atoms with E-state index in [9.17, 15) is 0 Å². The highest BCUT2D eigenvalue weighted by atomic mass is 35.5. The van der Waals surface area contributed by atoms with Gasteiger partial charge >= 0.3 is 0 Å². The number of hydrogen-bond acceptors (Lipinski definition) is 1. The predicted molar refractivity (Wildman–Crippen MR) is 67.4 cm³/mol. The van der Waals surface area contributed by atoms with Gasteiger partial charge in [-0.25, -0.2) is 0 Å². The summed E-state index contributed by atoms with van der Waals surface area (Å²) in [6, 6.07) is 8.44. The molecule has 2 heteroatoms. The maximum absolute atomic E-state index is 5.94. The van der Waals surface area contributed by atoms with Crippen LogP contribution in [0.3, 0.4) is 0 Å². The fourth-order valence-corrected chi connectivity index (χ4v) is 1.79. The van der Waals surface area contributed by atoms with Crippen molar-refractivity contribution < 1.29 is 0 Å². The minimum Gasteiger partial charge on any atom is -0.310 e. The Kier molecular flexibility index (Phi) is 5.74. The third kappa shape index (κ3) is 4.67. The van der Waals surface area contributed by atoms with Crippen LogP contribution in [0, 0.1) is 0 Å². The number of benzene rings is 1. The molecular weight excluding hydrogens is 206 g/mol. The topological polar surface area (TPSA) is 12.0 Å². The smallest absolute Gasteiger partial charge is 0.0409 e. The van der Waals surface area contributed by atoms with Crippen LogP contribution >= 0.6 is 11.6 Å². The zero-order chi connectivity index (χ0) is 11.1. The molecule has 1 aromatic rings. The van der Waals surface area contributed by atoms with Gasteiger partial charge in [-0.05, 0) is 37.6 Å². The number of unbranched alkanes of at least 4 members (excludes halogenated alkanes) is 2. The highest BCUT2D eigenvalue weighted by molar-refractivity contribution is 6.30. The quantitative estimate of drug-likeness (QED) is 0.717. The lowest BCUT2D eigenvalue weighted by molar-refractivity contribution is 0.544. The molecule has 1 N–H and O–H groups in total. The second-order valence-electron chi connectivity index (χ2n) is 3.94. The van der Waals surface area contributed by atoms with Crippen LogP contribution in [0.2, 0.25) is 5.02 Å². The summed E-state index contributed by atoms with van der Waals surface area (Å²) in [5.74, 6) is 0. The highest BCUT2D eigenvalue weighted by Crippen LogP contribution is 2.17. The number of nitrogens with one attached hydrogen (secondary N) is 1. The molecule has 1 aromatic carbocycles. The summed E-state index contributed by atoms with van der Waals surface area (Å²) in [4.78, 5) is 0. The van der Waals surface area contributed by atoms with Gasteiger partial charge in [-0.1, -0.05) is 43.5 Å². The van der Waals surface area contributed by atoms with Gasteiger partial charge in [-0.2, -0.15) is 0 Å². The van der Waals surface area contributed by atoms with Gasteiger partial charge in [-0.3, -0.25) is 0 Å². The van der Waals surface area contributed by atoms with E-state index in [-0.39, 0.29) is 0 Å². The molecule has 0 bridgehead atoms. The molecule has 0 heterocycles. The Morgan fingerprint density at radius 3 is 2.80 bits per heavy atom. The van der Waals surface area contributed by atoms with Gasteiger partial charge in [0.1, 0.15) is 0 Å². The Labute approximate surface area is 97.8 Å². The first-order valence-electron chi connectivity index (χ1n) is 5.73. The van der Waals surface area contributed by atoms with Crippen LogP contribution in [0.15, 0.2) is 24.3 Å². The number of hydrogen-bond donors (Lipinski definition) is 1. The number of halogens is 1. The third-order valence-corrected chi connectivity index (χ3v) is 2.81. The van der Waals surface area contributed by atoms with Gasteiger partial charge in [0.15, 0.2) is 0 Å². The molecule has 0 amide bonds. The second-order valence-corrected chi connectivity index (χ2v) is 4.37. The predicted octanol–water partition coefficient (Wildman–Crippen LogP) is 4.18. The molecule has 0 saturated carbocycles. The number of rotatable bonds is 6. The maximum atomic E-state index is 5.94. The van der Waals surface area contributed by atoms with Crippen LogP contribution in [-0.2, 0) is 0 Å². The Balaban J connectivity index is 2.36. The van der Waals surface area contributed by atoms with Crippen molar-refractivity contribution in [2.45, 2.75) is 39.2 Å². The molecule has 0 aliphatic carbocycles. The lowest BCUT2D eigenvalue weighted by atomic mass is 10.1. The van der Waals surface area contributed by atoms with Gasteiger partial charge < -0.3 is 5.32 Å². The second kappa shape index (κ2) is 6.86. The molecule has 0 spiro atoms. The normalized spacial score (nSPS) is 12.7. The van der Waals surface area contributed by atoms with Gasteiger partial charge in [0.05, 0.1) is 0 Å². The first kappa shape index (κ1) is 12.5. The summed E-state index contributed by atoms with van der Waals surface area (Å²) < 4.78 is 0. The Morgan fingerprint density at radius 2 is 2.13 bits per heavy atom. The fourth-order valence-electron chi connectivity index (χ4n) is 1.59. The van der Waals surface area contributed by atoms with E-state index in [4.69, 9.17) is 11.6 Å². The lowest BCUT2D eigenvalue weighted by Gasteiger charge is -2.14. The van der Waals surface area contributed by atoms with Crippen molar-refractivity contribution >= 4 is 11.6 Å². The molecule has 0 aliphatic rings. The van der Waals surface area contributed by atoms with Crippen LogP contribution in [0.25, 0.3) is 0 Å². The van der Waals surface area contributed by atoms with Gasteiger partial charge in [0.2, 0.25) is 0 Å². The van der Waals surface area contributed by atoms with Gasteiger partial charge in [0.25, 0.3) is 0 Å². The SMILES string of the molecule is CCCCCNC(C)c1cccc(Cl)c1. The first-order valence-corrected chi connectivity index (χ1v) is 6.10. The molecular formula is C13H20ClN. The largest absolute Gasteiger partial charge is 0.310 e. The molecule has 1 atom stereocenters. The molecule has 15 heavy (non-hydrogen) atoms. The average molecular weight is 226 g/mol. The summed E-state index contributed by atoms with van der Waals surface area (Å²) in [5, 5.41) is 4.32. The van der Waals surface area contributed by atoms with Crippen LogP contribution < -0.4 is 5.32 Å². The van der Waals surface area contributed by atoms with Crippen LogP contribution in [0.4, 0.5) is 0 Å². The summed E-state index contributed by atoms with van der Waals surface area (Å²) in [6.07, 6.45) is 3.82. The van der Waals surface area contributed by atoms with Crippen molar-refractivity contribution in [1.82, 2.24) is 5.32 Å². The van der Waals surface area contributed by atoms with E-state index in [1.165, 1.54) is 24.8 Å². The molecule has 0 saturated heterocycles. The molecule has 1 rings (SSSR count). The maximum Gasteiger partial charge on any atom is 0.0409 e. The fraction of sp³-hybridized carbons (Fsp3) is 0.538. The zero-order valence-electron chi connectivity index (χ0n) is 9.59. The molecule has 1 unspecified atom stereocenters. The van der Waals surface area contributed by atoms with Crippen molar-refractivity contribution in [3.05, 3.63) is 34.9 Å². The first-order chi connectivity index (χ1) is 7.24. The summed E-state index contributed by atoms with van der Waals surface area (Å²) in [6.45, 7) is 5.49. The summed E-state index contributed by atoms with van der Waals surface area (Å²) in [7, 11) is 0. The molecule has 0 aromatic heterocycles. The van der Waals surface area contributed by atoms with E-state index < -0.39 is 0 Å². The monoisotopic (exact) mass is 225 g/mol. The molecule has 0 fully saturated rings. The molecule has 0 aliphatic heterocycles. The van der Waals surface area contributed by atoms with E-state index >= 15 is 0 Å². The van der Waals surface area contributed by atoms with E-state index in [0.717, 1.165) is 11.6 Å². The average Bonchev–Trinajstić information content (AvgIpc) is 2.24. The van der Waals surface area contributed by atoms with Gasteiger partial charge in [0, 0.05) is 11.1 Å². The lowest BCUT2D eigenvalue weighted by Crippen LogP contribution is -2.19. The third-order valence-electron chi connectivity index (χ3n) is 2.58. The Hall–Kier alpha value is -0.530. The Morgan fingerprint density at radius 1 is 1.33 bits per heavy atom. The summed E-state index contributed by atoms with van der Waals surface area (Å²) >= 11 is 5.94. The van der Waals surface area contributed by atoms with Crippen molar-refractivity contribution in [3.8, 4) is 0 Å². The van der Waals surface area contributed by atoms with E-state index in [1.807, 2.05) is 18.2 Å². The molecule has 1 nitrogen and oxygen atoms in total. The van der Waals surface area contributed by atoms with Gasteiger partial charge in [-0.15, -0.1) is 0 Å². The standard InChI is InChI=1S/C13H20ClN/c1-3-4-5-9-15-11(2)12-7-6-8-13(14)10-12/h6-8,10-11,15H,3-5,9H2,1-2H3. The van der Waals surface area contributed by atoms with E-state index in [0.29, 0.717) is 6.04 Å². The summed E-state index contributed by atoms with van der Waals surface area (Å²) in [5.41, 5.74) is 1.26. The minimum atomic E-state index is 0.389. The van der Waals surface area contributed by atoms with E-state index in [2.05, 4.69) is 25.2 Å². The van der Waals surface area contributed by atoms with Crippen LogP contribution in [-0.4, -0.2) is 6.54 Å². The van der Waals surface area contributed by atoms with Crippen molar-refractivity contribution in [2.24, 2.45) is 0 Å². The van der Waals surface area contributed by atoms with Crippen molar-refractivity contribution in [1.29, 1.82) is 0 Å². The zero-order valence-corrected chi connectivity index (χ0v) is 10.3. The van der Waals surface area contributed by atoms with E-state index in [1.54, 1.807) is 0 Å². The van der Waals surface area contributed by atoms with Crippen molar-refractivity contribution in [3.63, 3.8) is 0 Å². The minimum absolute atomic E-state index is 0.389. The van der Waals surface area contributed by atoms with Crippen LogP contribution in [0.5, 0.6) is 0 Å². The highest BCUT2D eigenvalue weighted by Gasteiger charge is 2.03. The molecule has 0 radical (unpaired) electrons. The van der Waals surface area contributed by atoms with Crippen molar-refractivity contribution in [2.75, 3.05) is 6.54 Å². The Bertz CT molecular complexity index is 286. The molecule has 84 valence electrons.